The first-order chi connectivity index (χ1) is 12.5. The van der Waals surface area contributed by atoms with Crippen molar-refractivity contribution in [3.63, 3.8) is 0 Å². The fourth-order valence-electron chi connectivity index (χ4n) is 2.65. The smallest absolute Gasteiger partial charge is 0.306 e. The van der Waals surface area contributed by atoms with Gasteiger partial charge >= 0.3 is 5.97 Å². The van der Waals surface area contributed by atoms with Crippen LogP contribution in [-0.4, -0.2) is 53.6 Å². The molecule has 0 spiro atoms. The van der Waals surface area contributed by atoms with Gasteiger partial charge in [-0.15, -0.1) is 0 Å². The molecule has 2 rings (SSSR count). The van der Waals surface area contributed by atoms with Crippen LogP contribution < -0.4 is 15.4 Å². The zero-order valence-corrected chi connectivity index (χ0v) is 15.5. The van der Waals surface area contributed by atoms with Gasteiger partial charge in [-0.1, -0.05) is 18.2 Å². The summed E-state index contributed by atoms with van der Waals surface area (Å²) in [7, 11) is 0. The quantitative estimate of drug-likeness (QED) is 0.565. The molecule has 26 heavy (non-hydrogen) atoms. The van der Waals surface area contributed by atoms with Crippen molar-refractivity contribution in [2.75, 3.05) is 18.6 Å². The topological polar surface area (TPSA) is 105 Å². The molecule has 0 aliphatic heterocycles. The number of ether oxygens (including phenoxy) is 1. The first-order valence-corrected chi connectivity index (χ1v) is 9.88. The summed E-state index contributed by atoms with van der Waals surface area (Å²) in [4.78, 5) is 35.4. The second kappa shape index (κ2) is 10.1. The summed E-state index contributed by atoms with van der Waals surface area (Å²) >= 11 is 1.59. The Hall–Kier alpha value is -2.22. The molecule has 8 heteroatoms. The number of carboxylic acid groups (broad SMARTS) is 1. The van der Waals surface area contributed by atoms with Gasteiger partial charge in [-0.25, -0.2) is 0 Å². The molecule has 1 aromatic carbocycles. The van der Waals surface area contributed by atoms with Crippen molar-refractivity contribution in [3.8, 4) is 5.75 Å². The molecule has 1 aromatic rings. The molecule has 1 saturated carbocycles. The average molecular weight is 380 g/mol. The summed E-state index contributed by atoms with van der Waals surface area (Å²) in [5.41, 5.74) is 0. The van der Waals surface area contributed by atoms with Crippen LogP contribution in [0.15, 0.2) is 30.3 Å². The number of rotatable bonds is 10. The predicted octanol–water partition coefficient (Wildman–Crippen LogP) is 1.28. The van der Waals surface area contributed by atoms with E-state index in [0.717, 1.165) is 5.75 Å². The van der Waals surface area contributed by atoms with Crippen LogP contribution in [0.3, 0.4) is 0 Å². The number of carbonyl (C=O) groups excluding carboxylic acids is 2. The molecule has 1 aliphatic carbocycles. The van der Waals surface area contributed by atoms with E-state index < -0.39 is 12.0 Å². The van der Waals surface area contributed by atoms with Crippen LogP contribution in [-0.2, 0) is 14.4 Å². The highest BCUT2D eigenvalue weighted by Crippen LogP contribution is 2.27. The molecule has 142 valence electrons. The van der Waals surface area contributed by atoms with Crippen LogP contribution in [0.2, 0.25) is 0 Å². The van der Waals surface area contributed by atoms with Gasteiger partial charge in [0.05, 0.1) is 5.92 Å². The summed E-state index contributed by atoms with van der Waals surface area (Å²) in [6, 6.07) is 8.18. The Morgan fingerprint density at radius 2 is 1.96 bits per heavy atom. The molecule has 2 amide bonds. The molecule has 1 atom stereocenters. The number of hydrogen-bond donors (Lipinski definition) is 3. The molecule has 0 radical (unpaired) electrons. The van der Waals surface area contributed by atoms with E-state index in [1.807, 2.05) is 24.5 Å². The Labute approximate surface area is 156 Å². The lowest BCUT2D eigenvalue weighted by atomic mass is 9.80. The van der Waals surface area contributed by atoms with E-state index >= 15 is 0 Å². The van der Waals surface area contributed by atoms with E-state index in [0.29, 0.717) is 25.0 Å². The number of benzene rings is 1. The lowest BCUT2D eigenvalue weighted by molar-refractivity contribution is -0.146. The zero-order chi connectivity index (χ0) is 18.9. The second-order valence-electron chi connectivity index (χ2n) is 6.22. The summed E-state index contributed by atoms with van der Waals surface area (Å²) in [5.74, 6) is -0.560. The molecule has 1 unspecified atom stereocenters. The third-order valence-corrected chi connectivity index (χ3v) is 4.85. The number of carbonyl (C=O) groups is 3. The van der Waals surface area contributed by atoms with Crippen molar-refractivity contribution >= 4 is 29.5 Å². The van der Waals surface area contributed by atoms with E-state index in [2.05, 4.69) is 10.6 Å². The van der Waals surface area contributed by atoms with Crippen molar-refractivity contribution in [1.82, 2.24) is 10.6 Å². The van der Waals surface area contributed by atoms with Gasteiger partial charge in [-0.05, 0) is 43.4 Å². The van der Waals surface area contributed by atoms with Gasteiger partial charge in [-0.3, -0.25) is 14.4 Å². The van der Waals surface area contributed by atoms with Crippen molar-refractivity contribution in [3.05, 3.63) is 30.3 Å². The Morgan fingerprint density at radius 3 is 2.58 bits per heavy atom. The van der Waals surface area contributed by atoms with E-state index in [1.165, 1.54) is 0 Å². The highest BCUT2D eigenvalue weighted by molar-refractivity contribution is 7.98. The van der Waals surface area contributed by atoms with E-state index in [4.69, 9.17) is 9.84 Å². The van der Waals surface area contributed by atoms with Crippen LogP contribution in [0.25, 0.3) is 0 Å². The fraction of sp³-hybridized carbons (Fsp3) is 0.500. The highest BCUT2D eigenvalue weighted by atomic mass is 32.2. The van der Waals surface area contributed by atoms with E-state index in [9.17, 15) is 14.4 Å². The Kier molecular flexibility index (Phi) is 7.77. The maximum atomic E-state index is 12.4. The van der Waals surface area contributed by atoms with Crippen molar-refractivity contribution in [2.45, 2.75) is 31.3 Å². The molecule has 0 saturated heterocycles. The zero-order valence-electron chi connectivity index (χ0n) is 14.6. The van der Waals surface area contributed by atoms with Gasteiger partial charge < -0.3 is 20.5 Å². The second-order valence-corrected chi connectivity index (χ2v) is 7.20. The minimum Gasteiger partial charge on any atom is -0.484 e. The molecule has 7 nitrogen and oxygen atoms in total. The number of aliphatic carboxylic acids is 1. The summed E-state index contributed by atoms with van der Waals surface area (Å²) < 4.78 is 5.39. The average Bonchev–Trinajstić information content (AvgIpc) is 2.59. The number of para-hydroxylation sites is 1. The monoisotopic (exact) mass is 380 g/mol. The first kappa shape index (κ1) is 20.1. The summed E-state index contributed by atoms with van der Waals surface area (Å²) in [6.07, 6.45) is 3.29. The molecule has 0 bridgehead atoms. The normalized spacial score (nSPS) is 19.7. The standard InChI is InChI=1S/C18H24N2O5S/c1-26-8-7-15(17(22)19-13-9-12(10-13)18(23)24)20-16(21)11-25-14-5-3-2-4-6-14/h2-6,12-13,15H,7-11H2,1H3,(H,19,22)(H,20,21)(H,23,24). The van der Waals surface area contributed by atoms with E-state index in [-0.39, 0.29) is 30.4 Å². The van der Waals surface area contributed by atoms with Crippen molar-refractivity contribution in [1.29, 1.82) is 0 Å². The van der Waals surface area contributed by atoms with Crippen LogP contribution >= 0.6 is 11.8 Å². The van der Waals surface area contributed by atoms with Gasteiger partial charge in [0.25, 0.3) is 5.91 Å². The van der Waals surface area contributed by atoms with Gasteiger partial charge in [-0.2, -0.15) is 11.8 Å². The van der Waals surface area contributed by atoms with Crippen LogP contribution in [0.1, 0.15) is 19.3 Å². The van der Waals surface area contributed by atoms with Crippen molar-refractivity contribution in [2.24, 2.45) is 5.92 Å². The number of carboxylic acids is 1. The molecular weight excluding hydrogens is 356 g/mol. The molecule has 1 aliphatic rings. The van der Waals surface area contributed by atoms with E-state index in [1.54, 1.807) is 23.9 Å². The summed E-state index contributed by atoms with van der Waals surface area (Å²) in [6.45, 7) is -0.169. The fourth-order valence-corrected chi connectivity index (χ4v) is 3.12. The minimum absolute atomic E-state index is 0.141. The minimum atomic E-state index is -0.833. The molecule has 0 aromatic heterocycles. The Bertz CT molecular complexity index is 619. The molecule has 3 N–H and O–H groups in total. The largest absolute Gasteiger partial charge is 0.484 e. The lowest BCUT2D eigenvalue weighted by Crippen LogP contribution is -2.54. The third-order valence-electron chi connectivity index (χ3n) is 4.21. The number of thioether (sulfide) groups is 1. The molecule has 0 heterocycles. The number of nitrogens with one attached hydrogen (secondary N) is 2. The van der Waals surface area contributed by atoms with Crippen LogP contribution in [0.4, 0.5) is 0 Å². The first-order valence-electron chi connectivity index (χ1n) is 8.49. The highest BCUT2D eigenvalue weighted by Gasteiger charge is 2.36. The third kappa shape index (κ3) is 6.25. The molecular formula is C18H24N2O5S. The van der Waals surface area contributed by atoms with Gasteiger partial charge in [0.2, 0.25) is 5.91 Å². The SMILES string of the molecule is CSCCC(NC(=O)COc1ccccc1)C(=O)NC1CC(C(=O)O)C1. The summed E-state index contributed by atoms with van der Waals surface area (Å²) in [5, 5.41) is 14.4. The van der Waals surface area contributed by atoms with Crippen LogP contribution in [0, 0.1) is 5.92 Å². The number of amides is 2. The number of hydrogen-bond acceptors (Lipinski definition) is 5. The lowest BCUT2D eigenvalue weighted by Gasteiger charge is -2.34. The van der Waals surface area contributed by atoms with Gasteiger partial charge in [0.15, 0.2) is 6.61 Å². The van der Waals surface area contributed by atoms with Gasteiger partial charge in [0, 0.05) is 6.04 Å². The van der Waals surface area contributed by atoms with Gasteiger partial charge in [0.1, 0.15) is 11.8 Å². The Morgan fingerprint density at radius 1 is 1.27 bits per heavy atom. The maximum absolute atomic E-state index is 12.4. The maximum Gasteiger partial charge on any atom is 0.306 e. The predicted molar refractivity (Wildman–Crippen MR) is 99.2 cm³/mol. The van der Waals surface area contributed by atoms with Crippen molar-refractivity contribution < 1.29 is 24.2 Å². The Balaban J connectivity index is 1.80. The van der Waals surface area contributed by atoms with Crippen LogP contribution in [0.5, 0.6) is 5.75 Å². The molecule has 1 fully saturated rings.